The Morgan fingerprint density at radius 2 is 1.94 bits per heavy atom. The Balaban J connectivity index is 2.66. The predicted octanol–water partition coefficient (Wildman–Crippen LogP) is 0.443. The van der Waals surface area contributed by atoms with Crippen molar-refractivity contribution < 1.29 is 23.1 Å². The average molecular weight is 279 g/mol. The van der Waals surface area contributed by atoms with E-state index in [0.29, 0.717) is 26.1 Å². The summed E-state index contributed by atoms with van der Waals surface area (Å²) in [6.07, 6.45) is 0.680. The molecule has 106 valence electrons. The zero-order chi connectivity index (χ0) is 13.8. The fourth-order valence-corrected chi connectivity index (χ4v) is 3.47. The van der Waals surface area contributed by atoms with Gasteiger partial charge in [-0.15, -0.1) is 0 Å². The molecule has 0 radical (unpaired) electrons. The van der Waals surface area contributed by atoms with Gasteiger partial charge < -0.3 is 9.84 Å². The molecule has 0 saturated carbocycles. The highest BCUT2D eigenvalue weighted by molar-refractivity contribution is 7.89. The summed E-state index contributed by atoms with van der Waals surface area (Å²) in [6.45, 7) is 4.28. The molecule has 0 atom stereocenters. The standard InChI is InChI=1S/C11H21NO5S/c1-9(2)7-18(15,16)12-8-11(10(13)14)3-5-17-6-4-11/h9,12H,3-8H2,1-2H3,(H,13,14). The van der Waals surface area contributed by atoms with E-state index in [1.54, 1.807) is 13.8 Å². The molecule has 0 bridgehead atoms. The minimum absolute atomic E-state index is 0.0120. The zero-order valence-corrected chi connectivity index (χ0v) is 11.6. The van der Waals surface area contributed by atoms with Crippen LogP contribution in [0, 0.1) is 11.3 Å². The van der Waals surface area contributed by atoms with E-state index in [-0.39, 0.29) is 18.2 Å². The summed E-state index contributed by atoms with van der Waals surface area (Å²) >= 11 is 0. The summed E-state index contributed by atoms with van der Waals surface area (Å²) < 4.78 is 31.0. The summed E-state index contributed by atoms with van der Waals surface area (Å²) in [5.41, 5.74) is -1.03. The Morgan fingerprint density at radius 1 is 1.39 bits per heavy atom. The van der Waals surface area contributed by atoms with Crippen molar-refractivity contribution in [2.24, 2.45) is 11.3 Å². The minimum atomic E-state index is -3.41. The molecule has 1 rings (SSSR count). The van der Waals surface area contributed by atoms with Gasteiger partial charge in [0.15, 0.2) is 0 Å². The first kappa shape index (κ1) is 15.4. The first-order valence-electron chi connectivity index (χ1n) is 6.06. The second-order valence-electron chi connectivity index (χ2n) is 5.19. The fraction of sp³-hybridized carbons (Fsp3) is 0.909. The van der Waals surface area contributed by atoms with Gasteiger partial charge in [0.05, 0.1) is 11.2 Å². The number of carboxylic acid groups (broad SMARTS) is 1. The van der Waals surface area contributed by atoms with Crippen LogP contribution in [0.3, 0.4) is 0 Å². The van der Waals surface area contributed by atoms with E-state index in [2.05, 4.69) is 4.72 Å². The van der Waals surface area contributed by atoms with Crippen LogP contribution in [0.15, 0.2) is 0 Å². The first-order valence-corrected chi connectivity index (χ1v) is 7.71. The lowest BCUT2D eigenvalue weighted by Gasteiger charge is -2.33. The molecule has 18 heavy (non-hydrogen) atoms. The van der Waals surface area contributed by atoms with E-state index >= 15 is 0 Å². The number of carbonyl (C=O) groups is 1. The van der Waals surface area contributed by atoms with Gasteiger partial charge in [-0.2, -0.15) is 0 Å². The van der Waals surface area contributed by atoms with Gasteiger partial charge in [0.1, 0.15) is 0 Å². The Bertz CT molecular complexity index is 384. The molecule has 7 heteroatoms. The number of carboxylic acids is 1. The van der Waals surface area contributed by atoms with Crippen molar-refractivity contribution in [3.63, 3.8) is 0 Å². The average Bonchev–Trinajstić information content (AvgIpc) is 2.26. The lowest BCUT2D eigenvalue weighted by molar-refractivity contribution is -0.154. The molecule has 1 aliphatic rings. The normalized spacial score (nSPS) is 19.9. The lowest BCUT2D eigenvalue weighted by Crippen LogP contribution is -2.47. The minimum Gasteiger partial charge on any atom is -0.481 e. The molecule has 0 aromatic rings. The summed E-state index contributed by atoms with van der Waals surface area (Å²) in [6, 6.07) is 0. The summed E-state index contributed by atoms with van der Waals surface area (Å²) in [4.78, 5) is 11.3. The van der Waals surface area contributed by atoms with Crippen LogP contribution < -0.4 is 4.72 Å². The van der Waals surface area contributed by atoms with Gasteiger partial charge in [0.25, 0.3) is 0 Å². The highest BCUT2D eigenvalue weighted by Gasteiger charge is 2.40. The van der Waals surface area contributed by atoms with Crippen LogP contribution in [0.5, 0.6) is 0 Å². The van der Waals surface area contributed by atoms with Crippen LogP contribution in [0.1, 0.15) is 26.7 Å². The molecule has 0 aromatic carbocycles. The number of sulfonamides is 1. The second-order valence-corrected chi connectivity index (χ2v) is 7.05. The van der Waals surface area contributed by atoms with E-state index in [9.17, 15) is 18.3 Å². The molecule has 0 aromatic heterocycles. The molecule has 1 heterocycles. The molecular weight excluding hydrogens is 258 g/mol. The van der Waals surface area contributed by atoms with E-state index in [0.717, 1.165) is 0 Å². The Hall–Kier alpha value is -0.660. The van der Waals surface area contributed by atoms with Gasteiger partial charge in [-0.1, -0.05) is 13.8 Å². The number of rotatable bonds is 6. The summed E-state index contributed by atoms with van der Waals surface area (Å²) in [5.74, 6) is -0.935. The molecule has 0 aliphatic carbocycles. The Labute approximate surface area is 108 Å². The van der Waals surface area contributed by atoms with Gasteiger partial charge in [0, 0.05) is 19.8 Å². The maximum atomic E-state index is 11.7. The lowest BCUT2D eigenvalue weighted by atomic mass is 9.80. The van der Waals surface area contributed by atoms with Gasteiger partial charge in [-0.3, -0.25) is 4.79 Å². The molecule has 0 spiro atoms. The monoisotopic (exact) mass is 279 g/mol. The van der Waals surface area contributed by atoms with Gasteiger partial charge in [-0.05, 0) is 18.8 Å². The van der Waals surface area contributed by atoms with Crippen LogP contribution in [0.4, 0.5) is 0 Å². The Kier molecular flexibility index (Phi) is 5.12. The quantitative estimate of drug-likeness (QED) is 0.736. The van der Waals surface area contributed by atoms with E-state index in [1.165, 1.54) is 0 Å². The fourth-order valence-electron chi connectivity index (χ4n) is 1.97. The zero-order valence-electron chi connectivity index (χ0n) is 10.8. The maximum absolute atomic E-state index is 11.7. The van der Waals surface area contributed by atoms with Crippen molar-refractivity contribution in [1.82, 2.24) is 4.72 Å². The molecule has 1 fully saturated rings. The smallest absolute Gasteiger partial charge is 0.311 e. The molecule has 1 saturated heterocycles. The third-order valence-electron chi connectivity index (χ3n) is 3.09. The number of hydrogen-bond donors (Lipinski definition) is 2. The SMILES string of the molecule is CC(C)CS(=O)(=O)NCC1(C(=O)O)CCOCC1. The third-order valence-corrected chi connectivity index (χ3v) is 4.78. The van der Waals surface area contributed by atoms with Gasteiger partial charge in [0.2, 0.25) is 10.0 Å². The van der Waals surface area contributed by atoms with Crippen LogP contribution in [-0.2, 0) is 19.6 Å². The van der Waals surface area contributed by atoms with Crippen molar-refractivity contribution in [1.29, 1.82) is 0 Å². The summed E-state index contributed by atoms with van der Waals surface area (Å²) in [7, 11) is -3.41. The molecule has 0 amide bonds. The van der Waals surface area contributed by atoms with Crippen molar-refractivity contribution in [2.75, 3.05) is 25.5 Å². The van der Waals surface area contributed by atoms with E-state index < -0.39 is 21.4 Å². The molecule has 1 aliphatic heterocycles. The summed E-state index contributed by atoms with van der Waals surface area (Å²) in [5, 5.41) is 9.28. The number of ether oxygens (including phenoxy) is 1. The van der Waals surface area contributed by atoms with Crippen molar-refractivity contribution in [3.8, 4) is 0 Å². The first-order chi connectivity index (χ1) is 8.27. The number of aliphatic carboxylic acids is 1. The Morgan fingerprint density at radius 3 is 2.39 bits per heavy atom. The molecular formula is C11H21NO5S. The van der Waals surface area contributed by atoms with Gasteiger partial charge >= 0.3 is 5.97 Å². The number of nitrogens with one attached hydrogen (secondary N) is 1. The van der Waals surface area contributed by atoms with E-state index in [4.69, 9.17) is 4.74 Å². The molecule has 6 nitrogen and oxygen atoms in total. The number of hydrogen-bond acceptors (Lipinski definition) is 4. The highest BCUT2D eigenvalue weighted by atomic mass is 32.2. The predicted molar refractivity (Wildman–Crippen MR) is 66.7 cm³/mol. The van der Waals surface area contributed by atoms with E-state index in [1.807, 2.05) is 0 Å². The topological polar surface area (TPSA) is 92.7 Å². The van der Waals surface area contributed by atoms with Crippen LogP contribution in [-0.4, -0.2) is 45.0 Å². The van der Waals surface area contributed by atoms with Crippen molar-refractivity contribution in [2.45, 2.75) is 26.7 Å². The van der Waals surface area contributed by atoms with Crippen molar-refractivity contribution in [3.05, 3.63) is 0 Å². The van der Waals surface area contributed by atoms with Crippen molar-refractivity contribution >= 4 is 16.0 Å². The second kappa shape index (κ2) is 5.99. The van der Waals surface area contributed by atoms with Crippen LogP contribution >= 0.6 is 0 Å². The van der Waals surface area contributed by atoms with Crippen LogP contribution in [0.25, 0.3) is 0 Å². The molecule has 0 unspecified atom stereocenters. The van der Waals surface area contributed by atoms with Gasteiger partial charge in [-0.25, -0.2) is 13.1 Å². The highest BCUT2D eigenvalue weighted by Crippen LogP contribution is 2.30. The van der Waals surface area contributed by atoms with Crippen LogP contribution in [0.2, 0.25) is 0 Å². The largest absolute Gasteiger partial charge is 0.481 e. The third kappa shape index (κ3) is 4.22. The maximum Gasteiger partial charge on any atom is 0.311 e. The molecule has 2 N–H and O–H groups in total.